The highest BCUT2D eigenvalue weighted by atomic mass is 14.9. The molecule has 5 aromatic rings. The molecule has 0 bridgehead atoms. The molecule has 3 aromatic heterocycles. The highest BCUT2D eigenvalue weighted by molar-refractivity contribution is 6.22. The first-order valence-electron chi connectivity index (χ1n) is 6.42. The predicted molar refractivity (Wildman–Crippen MR) is 78.9 cm³/mol. The second-order valence-electron chi connectivity index (χ2n) is 4.95. The van der Waals surface area contributed by atoms with E-state index >= 15 is 0 Å². The number of hydrogen-bond acceptors (Lipinski definition) is 1. The summed E-state index contributed by atoms with van der Waals surface area (Å²) in [5.41, 5.74) is 3.81. The Balaban J connectivity index is 2.32. The monoisotopic (exact) mass is 242 g/mol. The van der Waals surface area contributed by atoms with Crippen LogP contribution in [0.15, 0.2) is 60.9 Å². The van der Waals surface area contributed by atoms with E-state index in [4.69, 9.17) is 0 Å². The number of hydrogen-bond donors (Lipinski definition) is 0. The van der Waals surface area contributed by atoms with Crippen molar-refractivity contribution in [3.05, 3.63) is 60.9 Å². The molecule has 0 spiro atoms. The molecule has 2 aromatic carbocycles. The Hall–Kier alpha value is -2.61. The van der Waals surface area contributed by atoms with Gasteiger partial charge in [0.25, 0.3) is 0 Å². The van der Waals surface area contributed by atoms with E-state index in [1.807, 2.05) is 12.4 Å². The fraction of sp³-hybridized carbons (Fsp3) is 0. The van der Waals surface area contributed by atoms with Gasteiger partial charge in [-0.2, -0.15) is 0 Å². The molecule has 0 saturated heterocycles. The number of pyridine rings is 1. The van der Waals surface area contributed by atoms with Crippen LogP contribution in [0.3, 0.4) is 0 Å². The topological polar surface area (TPSA) is 17.3 Å². The van der Waals surface area contributed by atoms with Crippen LogP contribution in [-0.4, -0.2) is 9.38 Å². The van der Waals surface area contributed by atoms with Gasteiger partial charge in [-0.15, -0.1) is 0 Å². The third kappa shape index (κ3) is 0.968. The summed E-state index contributed by atoms with van der Waals surface area (Å²) in [4.78, 5) is 4.42. The molecule has 0 saturated carbocycles. The second-order valence-corrected chi connectivity index (χ2v) is 4.95. The number of aromatic nitrogens is 2. The minimum atomic E-state index is 1.24. The van der Waals surface area contributed by atoms with Crippen molar-refractivity contribution >= 4 is 38.1 Å². The Labute approximate surface area is 109 Å². The van der Waals surface area contributed by atoms with E-state index in [9.17, 15) is 0 Å². The summed E-state index contributed by atoms with van der Waals surface area (Å²) >= 11 is 0. The lowest BCUT2D eigenvalue weighted by atomic mass is 10.1. The fourth-order valence-electron chi connectivity index (χ4n) is 3.25. The molecule has 0 fully saturated rings. The van der Waals surface area contributed by atoms with Gasteiger partial charge in [0.05, 0.1) is 16.6 Å². The number of benzene rings is 2. The quantitative estimate of drug-likeness (QED) is 0.397. The smallest absolute Gasteiger partial charge is 0.0651 e. The fourth-order valence-corrected chi connectivity index (χ4v) is 3.25. The first kappa shape index (κ1) is 9.34. The summed E-state index contributed by atoms with van der Waals surface area (Å²) < 4.78 is 2.36. The Kier molecular flexibility index (Phi) is 1.49. The van der Waals surface area contributed by atoms with Gasteiger partial charge in [0.1, 0.15) is 0 Å². The van der Waals surface area contributed by atoms with Crippen LogP contribution in [0.2, 0.25) is 0 Å². The Morgan fingerprint density at radius 1 is 0.632 bits per heavy atom. The third-order valence-electron chi connectivity index (χ3n) is 4.01. The molecule has 2 heteroatoms. The molecule has 0 atom stereocenters. The second kappa shape index (κ2) is 3.04. The number of nitrogens with zero attached hydrogens (tertiary/aromatic N) is 2. The van der Waals surface area contributed by atoms with E-state index < -0.39 is 0 Å². The van der Waals surface area contributed by atoms with Gasteiger partial charge in [0.2, 0.25) is 0 Å². The molecule has 5 rings (SSSR count). The highest BCUT2D eigenvalue weighted by Gasteiger charge is 2.16. The zero-order chi connectivity index (χ0) is 12.4. The molecular weight excluding hydrogens is 232 g/mol. The minimum absolute atomic E-state index is 1.24. The van der Waals surface area contributed by atoms with Crippen LogP contribution < -0.4 is 0 Å². The zero-order valence-corrected chi connectivity index (χ0v) is 10.2. The molecule has 2 nitrogen and oxygen atoms in total. The minimum Gasteiger partial charge on any atom is -0.308 e. The molecule has 0 radical (unpaired) electrons. The van der Waals surface area contributed by atoms with Gasteiger partial charge in [-0.1, -0.05) is 36.4 Å². The van der Waals surface area contributed by atoms with Gasteiger partial charge in [-0.3, -0.25) is 4.98 Å². The Morgan fingerprint density at radius 3 is 1.74 bits per heavy atom. The molecule has 3 heterocycles. The van der Waals surface area contributed by atoms with Crippen molar-refractivity contribution in [3.8, 4) is 0 Å². The molecule has 0 N–H and O–H groups in total. The lowest BCUT2D eigenvalue weighted by Crippen LogP contribution is -1.78. The molecule has 0 aliphatic carbocycles. The number of para-hydroxylation sites is 2. The molecule has 19 heavy (non-hydrogen) atoms. The van der Waals surface area contributed by atoms with E-state index in [1.165, 1.54) is 38.1 Å². The summed E-state index contributed by atoms with van der Waals surface area (Å²) in [5, 5.41) is 5.04. The van der Waals surface area contributed by atoms with Gasteiger partial charge in [-0.25, -0.2) is 0 Å². The van der Waals surface area contributed by atoms with Gasteiger partial charge >= 0.3 is 0 Å². The predicted octanol–water partition coefficient (Wildman–Crippen LogP) is 4.23. The zero-order valence-electron chi connectivity index (χ0n) is 10.2. The van der Waals surface area contributed by atoms with Gasteiger partial charge in [-0.05, 0) is 12.1 Å². The Morgan fingerprint density at radius 2 is 1.16 bits per heavy atom. The lowest BCUT2D eigenvalue weighted by Gasteiger charge is -1.95. The third-order valence-corrected chi connectivity index (χ3v) is 4.01. The molecule has 0 amide bonds. The standard InChI is InChI=1S/C17H10N2/c1-3-7-15-11(5-1)13-9-18-10-14-12-6-2-4-8-16(12)19(15)17(13)14/h1-10H. The van der Waals surface area contributed by atoms with E-state index in [2.05, 4.69) is 57.9 Å². The number of fused-ring (bicyclic) bond motifs is 6. The highest BCUT2D eigenvalue weighted by Crippen LogP contribution is 2.37. The summed E-state index contributed by atoms with van der Waals surface area (Å²) in [6, 6.07) is 17.1. The van der Waals surface area contributed by atoms with Crippen molar-refractivity contribution < 1.29 is 0 Å². The largest absolute Gasteiger partial charge is 0.308 e. The van der Waals surface area contributed by atoms with Crippen LogP contribution in [-0.2, 0) is 0 Å². The van der Waals surface area contributed by atoms with Crippen molar-refractivity contribution in [2.45, 2.75) is 0 Å². The maximum atomic E-state index is 4.42. The maximum Gasteiger partial charge on any atom is 0.0651 e. The van der Waals surface area contributed by atoms with Gasteiger partial charge in [0.15, 0.2) is 0 Å². The van der Waals surface area contributed by atoms with Crippen LogP contribution in [0, 0.1) is 0 Å². The van der Waals surface area contributed by atoms with Crippen molar-refractivity contribution in [2.75, 3.05) is 0 Å². The average Bonchev–Trinajstić information content (AvgIpc) is 2.99. The van der Waals surface area contributed by atoms with Crippen molar-refractivity contribution in [1.29, 1.82) is 0 Å². The van der Waals surface area contributed by atoms with Crippen LogP contribution >= 0.6 is 0 Å². The Bertz CT molecular complexity index is 976. The maximum absolute atomic E-state index is 4.42. The van der Waals surface area contributed by atoms with Crippen LogP contribution in [0.4, 0.5) is 0 Å². The normalized spacial score (nSPS) is 12.2. The molecular formula is C17H10N2. The molecule has 0 unspecified atom stereocenters. The van der Waals surface area contributed by atoms with Crippen LogP contribution in [0.5, 0.6) is 0 Å². The summed E-state index contributed by atoms with van der Waals surface area (Å²) in [5.74, 6) is 0. The van der Waals surface area contributed by atoms with E-state index in [0.29, 0.717) is 0 Å². The van der Waals surface area contributed by atoms with E-state index in [0.717, 1.165) is 0 Å². The molecule has 0 aliphatic rings. The SMILES string of the molecule is c1ccc2c(c1)c1cncc3c4ccccc4n2c13. The van der Waals surface area contributed by atoms with Crippen molar-refractivity contribution in [3.63, 3.8) is 0 Å². The van der Waals surface area contributed by atoms with E-state index in [1.54, 1.807) is 0 Å². The average molecular weight is 242 g/mol. The van der Waals surface area contributed by atoms with Crippen LogP contribution in [0.1, 0.15) is 0 Å². The van der Waals surface area contributed by atoms with Crippen molar-refractivity contribution in [1.82, 2.24) is 9.38 Å². The summed E-state index contributed by atoms with van der Waals surface area (Å²) in [6.45, 7) is 0. The molecule has 0 aliphatic heterocycles. The first-order valence-corrected chi connectivity index (χ1v) is 6.42. The van der Waals surface area contributed by atoms with Gasteiger partial charge in [0, 0.05) is 33.9 Å². The van der Waals surface area contributed by atoms with E-state index in [-0.39, 0.29) is 0 Å². The lowest BCUT2D eigenvalue weighted by molar-refractivity contribution is 1.35. The first-order chi connectivity index (χ1) is 9.45. The van der Waals surface area contributed by atoms with Crippen LogP contribution in [0.25, 0.3) is 38.1 Å². The summed E-state index contributed by atoms with van der Waals surface area (Å²) in [7, 11) is 0. The van der Waals surface area contributed by atoms with Crippen molar-refractivity contribution in [2.24, 2.45) is 0 Å². The number of rotatable bonds is 0. The van der Waals surface area contributed by atoms with Gasteiger partial charge < -0.3 is 4.40 Å². The molecule has 88 valence electrons. The summed E-state index contributed by atoms with van der Waals surface area (Å²) in [6.07, 6.45) is 3.95.